The van der Waals surface area contributed by atoms with Crippen molar-refractivity contribution in [1.82, 2.24) is 9.78 Å². The second kappa shape index (κ2) is 7.65. The molecule has 31 heavy (non-hydrogen) atoms. The van der Waals surface area contributed by atoms with Gasteiger partial charge in [-0.1, -0.05) is 30.3 Å². The predicted octanol–water partition coefficient (Wildman–Crippen LogP) is 6.00. The van der Waals surface area contributed by atoms with E-state index in [2.05, 4.69) is 5.10 Å². The molecule has 0 saturated carbocycles. The Bertz CT molecular complexity index is 1340. The molecule has 4 rings (SSSR count). The van der Waals surface area contributed by atoms with Gasteiger partial charge in [-0.15, -0.1) is 11.3 Å². The summed E-state index contributed by atoms with van der Waals surface area (Å²) >= 11 is 1.21. The van der Waals surface area contributed by atoms with Crippen molar-refractivity contribution in [2.45, 2.75) is 18.0 Å². The van der Waals surface area contributed by atoms with Crippen LogP contribution in [0.2, 0.25) is 0 Å². The van der Waals surface area contributed by atoms with Crippen molar-refractivity contribution in [2.75, 3.05) is 6.26 Å². The van der Waals surface area contributed by atoms with Gasteiger partial charge in [-0.3, -0.25) is 0 Å². The molecule has 4 nitrogen and oxygen atoms in total. The molecular weight excluding hydrogens is 445 g/mol. The molecule has 0 aliphatic rings. The third-order valence-electron chi connectivity index (χ3n) is 4.69. The molecule has 9 heteroatoms. The van der Waals surface area contributed by atoms with Crippen molar-refractivity contribution in [3.05, 3.63) is 77.3 Å². The lowest BCUT2D eigenvalue weighted by Crippen LogP contribution is -2.08. The number of alkyl halides is 3. The SMILES string of the molecule is Cc1csc(-c2c(C(F)(F)F)nn(-c3ccccc3)c2-c2ccc(S(C)(=O)=O)cc2)c1. The van der Waals surface area contributed by atoms with Crippen molar-refractivity contribution in [2.24, 2.45) is 0 Å². The third kappa shape index (κ3) is 4.15. The molecule has 0 N–H and O–H groups in total. The van der Waals surface area contributed by atoms with Crippen LogP contribution in [0.25, 0.3) is 27.4 Å². The average Bonchev–Trinajstić information content (AvgIpc) is 3.31. The summed E-state index contributed by atoms with van der Waals surface area (Å²) in [5.41, 5.74) is 0.983. The van der Waals surface area contributed by atoms with Gasteiger partial charge in [0.25, 0.3) is 0 Å². The number of thiophene rings is 1. The number of rotatable bonds is 4. The molecule has 2 aromatic heterocycles. The van der Waals surface area contributed by atoms with E-state index in [1.54, 1.807) is 41.8 Å². The Morgan fingerprint density at radius 2 is 1.65 bits per heavy atom. The van der Waals surface area contributed by atoms with Crippen LogP contribution in [0.15, 0.2) is 70.9 Å². The molecule has 0 bridgehead atoms. The molecule has 2 aromatic carbocycles. The van der Waals surface area contributed by atoms with E-state index in [1.807, 2.05) is 6.92 Å². The Balaban J connectivity index is 2.07. The molecule has 160 valence electrons. The van der Waals surface area contributed by atoms with Crippen molar-refractivity contribution in [3.8, 4) is 27.4 Å². The normalized spacial score (nSPS) is 12.3. The fraction of sp³-hybridized carbons (Fsp3) is 0.136. The van der Waals surface area contributed by atoms with Crippen molar-refractivity contribution in [3.63, 3.8) is 0 Å². The summed E-state index contributed by atoms with van der Waals surface area (Å²) in [6.45, 7) is 1.81. The molecule has 0 atom stereocenters. The number of hydrogen-bond donors (Lipinski definition) is 0. The summed E-state index contributed by atoms with van der Waals surface area (Å²) in [7, 11) is -3.44. The number of aromatic nitrogens is 2. The highest BCUT2D eigenvalue weighted by molar-refractivity contribution is 7.90. The number of nitrogens with zero attached hydrogens (tertiary/aromatic N) is 2. The van der Waals surface area contributed by atoms with Gasteiger partial charge in [0, 0.05) is 16.7 Å². The van der Waals surface area contributed by atoms with Crippen LogP contribution >= 0.6 is 11.3 Å². The lowest BCUT2D eigenvalue weighted by molar-refractivity contribution is -0.140. The summed E-state index contributed by atoms with van der Waals surface area (Å²) in [6.07, 6.45) is -3.59. The summed E-state index contributed by atoms with van der Waals surface area (Å²) in [6, 6.07) is 16.0. The largest absolute Gasteiger partial charge is 0.435 e. The number of para-hydroxylation sites is 1. The van der Waals surface area contributed by atoms with Gasteiger partial charge in [0.15, 0.2) is 15.5 Å². The van der Waals surface area contributed by atoms with Crippen molar-refractivity contribution in [1.29, 1.82) is 0 Å². The van der Waals surface area contributed by atoms with Crippen molar-refractivity contribution < 1.29 is 21.6 Å². The first-order valence-corrected chi connectivity index (χ1v) is 11.9. The minimum absolute atomic E-state index is 0.0263. The van der Waals surface area contributed by atoms with Gasteiger partial charge in [0.2, 0.25) is 0 Å². The molecule has 0 aliphatic heterocycles. The molecule has 0 spiro atoms. The zero-order valence-electron chi connectivity index (χ0n) is 16.5. The standard InChI is InChI=1S/C22H17F3N2O2S2/c1-14-12-18(30-13-14)19-20(15-8-10-17(11-9-15)31(2,28)29)27(16-6-4-3-5-7-16)26-21(19)22(23,24)25/h3-13H,1-2H3. The van der Waals surface area contributed by atoms with Crippen LogP contribution in [0.3, 0.4) is 0 Å². The fourth-order valence-electron chi connectivity index (χ4n) is 3.29. The molecular formula is C22H17F3N2O2S2. The summed E-state index contributed by atoms with van der Waals surface area (Å²) in [5.74, 6) is 0. The van der Waals surface area contributed by atoms with E-state index in [9.17, 15) is 21.6 Å². The Morgan fingerprint density at radius 1 is 1.00 bits per heavy atom. The Hall–Kier alpha value is -2.91. The number of benzene rings is 2. The van der Waals surface area contributed by atoms with Crippen LogP contribution in [0.1, 0.15) is 11.3 Å². The minimum atomic E-state index is -4.67. The highest BCUT2D eigenvalue weighted by atomic mass is 32.2. The second-order valence-corrected chi connectivity index (χ2v) is 10.0. The first-order chi connectivity index (χ1) is 14.6. The Kier molecular flexibility index (Phi) is 5.26. The van der Waals surface area contributed by atoms with E-state index in [4.69, 9.17) is 0 Å². The zero-order chi connectivity index (χ0) is 22.4. The highest BCUT2D eigenvalue weighted by Crippen LogP contribution is 2.45. The van der Waals surface area contributed by atoms with E-state index in [0.717, 1.165) is 11.8 Å². The maximum absolute atomic E-state index is 14.0. The minimum Gasteiger partial charge on any atom is -0.232 e. The lowest BCUT2D eigenvalue weighted by atomic mass is 10.0. The summed E-state index contributed by atoms with van der Waals surface area (Å²) in [4.78, 5) is 0.529. The zero-order valence-corrected chi connectivity index (χ0v) is 18.1. The summed E-state index contributed by atoms with van der Waals surface area (Å²) in [5, 5.41) is 5.75. The van der Waals surface area contributed by atoms with Crippen LogP contribution in [0.4, 0.5) is 13.2 Å². The summed E-state index contributed by atoms with van der Waals surface area (Å²) < 4.78 is 67.0. The lowest BCUT2D eigenvalue weighted by Gasteiger charge is -2.11. The van der Waals surface area contributed by atoms with Crippen molar-refractivity contribution >= 4 is 21.2 Å². The second-order valence-electron chi connectivity index (χ2n) is 7.10. The maximum atomic E-state index is 14.0. The van der Waals surface area contributed by atoms with E-state index in [-0.39, 0.29) is 16.2 Å². The van der Waals surface area contributed by atoms with Crippen LogP contribution < -0.4 is 0 Å². The van der Waals surface area contributed by atoms with Crippen LogP contribution in [0.5, 0.6) is 0 Å². The van der Waals surface area contributed by atoms with Gasteiger partial charge >= 0.3 is 6.18 Å². The van der Waals surface area contributed by atoms with Gasteiger partial charge in [0.05, 0.1) is 21.8 Å². The number of sulfone groups is 1. The average molecular weight is 463 g/mol. The van der Waals surface area contributed by atoms with Crippen LogP contribution in [0, 0.1) is 6.92 Å². The van der Waals surface area contributed by atoms with E-state index < -0.39 is 21.7 Å². The molecule has 0 radical (unpaired) electrons. The molecule has 0 amide bonds. The van der Waals surface area contributed by atoms with Gasteiger partial charge in [0.1, 0.15) is 0 Å². The van der Waals surface area contributed by atoms with Crippen LogP contribution in [-0.2, 0) is 16.0 Å². The molecule has 0 aliphatic carbocycles. The first-order valence-electron chi connectivity index (χ1n) is 9.17. The Morgan fingerprint density at radius 3 is 2.16 bits per heavy atom. The topological polar surface area (TPSA) is 52.0 Å². The molecule has 2 heterocycles. The number of hydrogen-bond acceptors (Lipinski definition) is 4. The monoisotopic (exact) mass is 462 g/mol. The molecule has 0 saturated heterocycles. The highest BCUT2D eigenvalue weighted by Gasteiger charge is 2.40. The maximum Gasteiger partial charge on any atom is 0.435 e. The molecule has 0 fully saturated rings. The van der Waals surface area contributed by atoms with E-state index in [0.29, 0.717) is 16.1 Å². The fourth-order valence-corrected chi connectivity index (χ4v) is 4.87. The van der Waals surface area contributed by atoms with Gasteiger partial charge in [-0.2, -0.15) is 18.3 Å². The first kappa shape index (κ1) is 21.3. The van der Waals surface area contributed by atoms with E-state index >= 15 is 0 Å². The Labute approximate surface area is 181 Å². The predicted molar refractivity (Wildman–Crippen MR) is 115 cm³/mol. The molecule has 0 unspecified atom stereocenters. The third-order valence-corrected chi connectivity index (χ3v) is 6.88. The molecule has 4 aromatic rings. The van der Waals surface area contributed by atoms with Gasteiger partial charge in [-0.25, -0.2) is 13.1 Å². The van der Waals surface area contributed by atoms with Gasteiger partial charge in [-0.05, 0) is 48.2 Å². The van der Waals surface area contributed by atoms with E-state index in [1.165, 1.54) is 40.3 Å². The van der Waals surface area contributed by atoms with Crippen LogP contribution in [-0.4, -0.2) is 24.5 Å². The smallest absolute Gasteiger partial charge is 0.232 e. The quantitative estimate of drug-likeness (QED) is 0.374. The number of halogens is 3. The van der Waals surface area contributed by atoms with Gasteiger partial charge < -0.3 is 0 Å². The number of aryl methyl sites for hydroxylation is 1.